The van der Waals surface area contributed by atoms with Gasteiger partial charge >= 0.3 is 6.18 Å². The molecule has 0 aliphatic heterocycles. The van der Waals surface area contributed by atoms with E-state index in [0.717, 1.165) is 0 Å². The fourth-order valence-corrected chi connectivity index (χ4v) is 2.74. The maximum Gasteiger partial charge on any atom is 0.443 e. The van der Waals surface area contributed by atoms with E-state index in [1.54, 1.807) is 30.3 Å². The molecule has 0 amide bonds. The van der Waals surface area contributed by atoms with Crippen LogP contribution in [0.2, 0.25) is 5.15 Å². The van der Waals surface area contributed by atoms with Crippen LogP contribution in [0.3, 0.4) is 0 Å². The molecule has 1 aromatic carbocycles. The molecule has 9 heteroatoms. The lowest BCUT2D eigenvalue weighted by Gasteiger charge is -2.13. The van der Waals surface area contributed by atoms with Crippen LogP contribution in [-0.2, 0) is 6.42 Å². The number of halogens is 5. The number of hydrogen-bond donors (Lipinski definition) is 0. The van der Waals surface area contributed by atoms with E-state index in [1.165, 1.54) is 35.2 Å². The summed E-state index contributed by atoms with van der Waals surface area (Å²) in [4.78, 5) is 6.13. The largest absolute Gasteiger partial charge is 0.443 e. The van der Waals surface area contributed by atoms with E-state index in [1.807, 2.05) is 0 Å². The molecule has 0 saturated heterocycles. The maximum atomic E-state index is 14.3. The molecule has 0 N–H and O–H groups in total. The Labute approximate surface area is 168 Å². The van der Waals surface area contributed by atoms with Gasteiger partial charge in [0.05, 0.1) is 5.69 Å². The Morgan fingerprint density at radius 1 is 1.11 bits per heavy atom. The van der Waals surface area contributed by atoms with Crippen LogP contribution in [0.4, 0.5) is 17.6 Å². The van der Waals surface area contributed by atoms with E-state index in [2.05, 4.69) is 22.2 Å². The summed E-state index contributed by atoms with van der Waals surface area (Å²) in [7, 11) is 0. The van der Waals surface area contributed by atoms with Crippen molar-refractivity contribution in [3.63, 3.8) is 0 Å². The highest BCUT2D eigenvalue weighted by Crippen LogP contribution is 2.19. The van der Waals surface area contributed by atoms with E-state index >= 15 is 0 Å². The molecule has 0 radical (unpaired) electrons. The Balaban J connectivity index is 2.21. The summed E-state index contributed by atoms with van der Waals surface area (Å²) < 4.78 is 54.6. The Morgan fingerprint density at radius 2 is 1.86 bits per heavy atom. The Hall–Kier alpha value is -2.58. The standard InChI is InChI=1S/C19H12ClF4N3S/c20-16-8-7-12(11-25-16)10-13-4-3-9-27(15-6-2-1-5-14(15)21)17(13)26-18(28)19(22,23)24/h1-9,11H,10H2. The molecule has 0 fully saturated rings. The number of aromatic nitrogens is 2. The molecular formula is C19H12ClF4N3S. The molecule has 0 aliphatic rings. The van der Waals surface area contributed by atoms with Gasteiger partial charge in [0.15, 0.2) is 0 Å². The van der Waals surface area contributed by atoms with Crippen molar-refractivity contribution in [2.24, 2.45) is 4.99 Å². The lowest BCUT2D eigenvalue weighted by atomic mass is 10.1. The molecular weight excluding hydrogens is 414 g/mol. The van der Waals surface area contributed by atoms with Gasteiger partial charge in [-0.2, -0.15) is 13.2 Å². The zero-order valence-electron chi connectivity index (χ0n) is 14.1. The van der Waals surface area contributed by atoms with Crippen molar-refractivity contribution in [1.29, 1.82) is 0 Å². The van der Waals surface area contributed by atoms with Gasteiger partial charge in [-0.3, -0.25) is 4.57 Å². The summed E-state index contributed by atoms with van der Waals surface area (Å²) in [6.07, 6.45) is -1.63. The van der Waals surface area contributed by atoms with Gasteiger partial charge in [-0.15, -0.1) is 0 Å². The quantitative estimate of drug-likeness (QED) is 0.334. The molecule has 0 spiro atoms. The van der Waals surface area contributed by atoms with Crippen LogP contribution in [0, 0.1) is 5.82 Å². The van der Waals surface area contributed by atoms with Crippen molar-refractivity contribution in [3.8, 4) is 5.69 Å². The second kappa shape index (κ2) is 8.20. The van der Waals surface area contributed by atoms with Crippen molar-refractivity contribution in [1.82, 2.24) is 9.55 Å². The minimum Gasteiger partial charge on any atom is -0.299 e. The highest BCUT2D eigenvalue weighted by atomic mass is 35.5. The third-order valence-corrected chi connectivity index (χ3v) is 4.34. The summed E-state index contributed by atoms with van der Waals surface area (Å²) in [6.45, 7) is 0. The molecule has 0 unspecified atom stereocenters. The van der Waals surface area contributed by atoms with Gasteiger partial charge in [0.25, 0.3) is 0 Å². The van der Waals surface area contributed by atoms with E-state index < -0.39 is 17.0 Å². The second-order valence-corrected chi connectivity index (χ2v) is 6.53. The number of alkyl halides is 3. The van der Waals surface area contributed by atoms with Crippen molar-refractivity contribution < 1.29 is 17.6 Å². The van der Waals surface area contributed by atoms with Gasteiger partial charge in [0.2, 0.25) is 4.99 Å². The van der Waals surface area contributed by atoms with Crippen molar-refractivity contribution in [2.45, 2.75) is 12.6 Å². The third-order valence-electron chi connectivity index (χ3n) is 3.79. The molecule has 0 saturated carbocycles. The van der Waals surface area contributed by atoms with Crippen LogP contribution in [0.25, 0.3) is 5.69 Å². The SMILES string of the molecule is Fc1ccccc1-n1cccc(Cc2ccc(Cl)nc2)c1=NC(=S)C(F)(F)F. The first-order chi connectivity index (χ1) is 13.3. The van der Waals surface area contributed by atoms with Crippen LogP contribution in [0.15, 0.2) is 65.9 Å². The first kappa shape index (κ1) is 20.2. The third kappa shape index (κ3) is 4.63. The van der Waals surface area contributed by atoms with Crippen molar-refractivity contribution in [3.05, 3.63) is 88.5 Å². The summed E-state index contributed by atoms with van der Waals surface area (Å²) in [5.41, 5.74) is 1.07. The zero-order valence-corrected chi connectivity index (χ0v) is 15.7. The summed E-state index contributed by atoms with van der Waals surface area (Å²) >= 11 is 10.2. The van der Waals surface area contributed by atoms with Gasteiger partial charge in [0.1, 0.15) is 16.5 Å². The number of nitrogens with zero attached hydrogens (tertiary/aromatic N) is 3. The van der Waals surface area contributed by atoms with Gasteiger partial charge in [0, 0.05) is 18.8 Å². The molecule has 28 heavy (non-hydrogen) atoms. The van der Waals surface area contributed by atoms with E-state index in [-0.39, 0.29) is 17.6 Å². The molecule has 3 nitrogen and oxygen atoms in total. The average Bonchev–Trinajstić information content (AvgIpc) is 2.64. The van der Waals surface area contributed by atoms with Crippen molar-refractivity contribution >= 4 is 28.8 Å². The number of benzene rings is 1. The van der Waals surface area contributed by atoms with E-state index in [0.29, 0.717) is 16.3 Å². The number of hydrogen-bond acceptors (Lipinski definition) is 2. The highest BCUT2D eigenvalue weighted by Gasteiger charge is 2.34. The number of pyridine rings is 2. The second-order valence-electron chi connectivity index (χ2n) is 5.76. The van der Waals surface area contributed by atoms with E-state index in [4.69, 9.17) is 11.6 Å². The molecule has 2 aromatic heterocycles. The van der Waals surface area contributed by atoms with Crippen LogP contribution < -0.4 is 5.49 Å². The van der Waals surface area contributed by atoms with Crippen LogP contribution >= 0.6 is 23.8 Å². The minimum absolute atomic E-state index is 0.0577. The minimum atomic E-state index is -4.78. The first-order valence-corrected chi connectivity index (χ1v) is 8.76. The molecule has 0 atom stereocenters. The predicted octanol–water partition coefficient (Wildman–Crippen LogP) is 5.05. The Kier molecular flexibility index (Phi) is 5.90. The molecule has 3 aromatic rings. The molecule has 144 valence electrons. The van der Waals surface area contributed by atoms with Gasteiger partial charge < -0.3 is 0 Å². The maximum absolute atomic E-state index is 14.3. The fourth-order valence-electron chi connectivity index (χ4n) is 2.54. The van der Waals surface area contributed by atoms with Gasteiger partial charge in [-0.25, -0.2) is 14.4 Å². The monoisotopic (exact) mass is 425 g/mol. The van der Waals surface area contributed by atoms with E-state index in [9.17, 15) is 17.6 Å². The highest BCUT2D eigenvalue weighted by molar-refractivity contribution is 7.80. The van der Waals surface area contributed by atoms with Gasteiger partial charge in [-0.1, -0.05) is 48.1 Å². The van der Waals surface area contributed by atoms with Crippen LogP contribution in [0.1, 0.15) is 11.1 Å². The summed E-state index contributed by atoms with van der Waals surface area (Å²) in [5, 5.41) is 0.293. The van der Waals surface area contributed by atoms with Crippen molar-refractivity contribution in [2.75, 3.05) is 0 Å². The number of rotatable bonds is 3. The average molecular weight is 426 g/mol. The fraction of sp³-hybridized carbons (Fsp3) is 0.105. The molecule has 0 bridgehead atoms. The summed E-state index contributed by atoms with van der Waals surface area (Å²) in [6, 6.07) is 12.2. The number of thiocarbonyl (C=S) groups is 1. The van der Waals surface area contributed by atoms with Gasteiger partial charge in [-0.05, 0) is 35.4 Å². The molecule has 3 rings (SSSR count). The normalized spacial score (nSPS) is 12.2. The Bertz CT molecular complexity index is 1080. The van der Waals surface area contributed by atoms with Crippen LogP contribution in [0.5, 0.6) is 0 Å². The lowest BCUT2D eigenvalue weighted by Crippen LogP contribution is -2.29. The smallest absolute Gasteiger partial charge is 0.299 e. The predicted molar refractivity (Wildman–Crippen MR) is 102 cm³/mol. The lowest BCUT2D eigenvalue weighted by molar-refractivity contribution is -0.0573. The molecule has 2 heterocycles. The topological polar surface area (TPSA) is 30.2 Å². The van der Waals surface area contributed by atoms with Crippen LogP contribution in [-0.4, -0.2) is 20.7 Å². The Morgan fingerprint density at radius 3 is 2.50 bits per heavy atom. The zero-order chi connectivity index (χ0) is 20.3. The number of para-hydroxylation sites is 1. The molecule has 0 aliphatic carbocycles. The first-order valence-electron chi connectivity index (χ1n) is 7.97. The summed E-state index contributed by atoms with van der Waals surface area (Å²) in [5.74, 6) is -0.604.